The van der Waals surface area contributed by atoms with Gasteiger partial charge in [-0.2, -0.15) is 0 Å². The van der Waals surface area contributed by atoms with Gasteiger partial charge in [-0.3, -0.25) is 4.90 Å². The number of hydrogen-bond donors (Lipinski definition) is 4. The predicted octanol–water partition coefficient (Wildman–Crippen LogP) is -0.0940. The first-order chi connectivity index (χ1) is 15.5. The number of carbonyl (C=O) groups is 1. The molecular weight excluding hydrogens is 418 g/mol. The molecule has 0 spiro atoms. The summed E-state index contributed by atoms with van der Waals surface area (Å²) in [6, 6.07) is 7.25. The van der Waals surface area contributed by atoms with Gasteiger partial charge in [-0.1, -0.05) is 12.1 Å². The van der Waals surface area contributed by atoms with Gasteiger partial charge in [-0.05, 0) is 56.1 Å². The standard InChI is InChI=1S/C23H31NO8/c25-12-18-20(27)21(28)22(29)23(32-18)31-16-6-3-14(4-7-16)5-8-19(26)30-13-15-9-11-24-10-1-2-17(15)24/h3-8,15,17-18,20-23,25,27-29H,1-2,9-13H2/b8-5+/t15-,17+,18+,20+,21-,22+,23?/m0/s1. The van der Waals surface area contributed by atoms with Crippen LogP contribution in [0.1, 0.15) is 24.8 Å². The Labute approximate surface area is 186 Å². The fourth-order valence-electron chi connectivity index (χ4n) is 4.74. The van der Waals surface area contributed by atoms with Crippen molar-refractivity contribution >= 4 is 12.0 Å². The van der Waals surface area contributed by atoms with E-state index in [9.17, 15) is 25.2 Å². The van der Waals surface area contributed by atoms with Gasteiger partial charge in [0.1, 0.15) is 30.2 Å². The Morgan fingerprint density at radius 1 is 1.09 bits per heavy atom. The lowest BCUT2D eigenvalue weighted by Crippen LogP contribution is -2.60. The van der Waals surface area contributed by atoms with Crippen molar-refractivity contribution in [2.45, 2.75) is 56.0 Å². The van der Waals surface area contributed by atoms with Crippen LogP contribution in [0.25, 0.3) is 6.08 Å². The van der Waals surface area contributed by atoms with Crippen LogP contribution in [0.15, 0.2) is 30.3 Å². The van der Waals surface area contributed by atoms with Crippen LogP contribution < -0.4 is 4.74 Å². The Balaban J connectivity index is 1.26. The van der Waals surface area contributed by atoms with Crippen LogP contribution >= 0.6 is 0 Å². The number of esters is 1. The van der Waals surface area contributed by atoms with Gasteiger partial charge in [0.15, 0.2) is 0 Å². The van der Waals surface area contributed by atoms with Gasteiger partial charge in [0.25, 0.3) is 0 Å². The van der Waals surface area contributed by atoms with E-state index in [4.69, 9.17) is 14.2 Å². The van der Waals surface area contributed by atoms with Crippen molar-refractivity contribution in [2.24, 2.45) is 5.92 Å². The second kappa shape index (κ2) is 10.3. The molecule has 1 aromatic carbocycles. The quantitative estimate of drug-likeness (QED) is 0.333. The fourth-order valence-corrected chi connectivity index (χ4v) is 4.74. The number of carbonyl (C=O) groups excluding carboxylic acids is 1. The van der Waals surface area contributed by atoms with Crippen molar-refractivity contribution in [3.63, 3.8) is 0 Å². The lowest BCUT2D eigenvalue weighted by atomic mass is 9.99. The van der Waals surface area contributed by atoms with Crippen molar-refractivity contribution in [3.8, 4) is 5.75 Å². The van der Waals surface area contributed by atoms with Crippen molar-refractivity contribution in [2.75, 3.05) is 26.3 Å². The molecule has 4 N–H and O–H groups in total. The highest BCUT2D eigenvalue weighted by Gasteiger charge is 2.44. The molecule has 32 heavy (non-hydrogen) atoms. The molecule has 176 valence electrons. The normalized spacial score (nSPS) is 35.2. The Morgan fingerprint density at radius 3 is 2.62 bits per heavy atom. The summed E-state index contributed by atoms with van der Waals surface area (Å²) in [5.41, 5.74) is 0.755. The van der Waals surface area contributed by atoms with Crippen molar-refractivity contribution in [1.82, 2.24) is 4.90 Å². The molecule has 3 heterocycles. The number of nitrogens with zero attached hydrogens (tertiary/aromatic N) is 1. The molecule has 0 radical (unpaired) electrons. The minimum absolute atomic E-state index is 0.358. The Morgan fingerprint density at radius 2 is 1.88 bits per heavy atom. The molecule has 4 rings (SSSR count). The summed E-state index contributed by atoms with van der Waals surface area (Å²) < 4.78 is 16.3. The van der Waals surface area contributed by atoms with Crippen LogP contribution in [-0.4, -0.2) is 94.3 Å². The molecule has 0 aromatic heterocycles. The lowest BCUT2D eigenvalue weighted by Gasteiger charge is -2.39. The van der Waals surface area contributed by atoms with E-state index in [0.717, 1.165) is 25.1 Å². The molecule has 3 aliphatic heterocycles. The van der Waals surface area contributed by atoms with Gasteiger partial charge in [0.2, 0.25) is 6.29 Å². The number of fused-ring (bicyclic) bond motifs is 1. The first-order valence-corrected chi connectivity index (χ1v) is 11.1. The zero-order valence-corrected chi connectivity index (χ0v) is 17.8. The average Bonchev–Trinajstić information content (AvgIpc) is 3.42. The first kappa shape index (κ1) is 23.2. The number of aliphatic hydroxyl groups is 4. The summed E-state index contributed by atoms with van der Waals surface area (Å²) in [5.74, 6) is 0.410. The summed E-state index contributed by atoms with van der Waals surface area (Å²) >= 11 is 0. The third-order valence-corrected chi connectivity index (χ3v) is 6.58. The molecule has 0 saturated carbocycles. The maximum absolute atomic E-state index is 12.1. The lowest BCUT2D eigenvalue weighted by molar-refractivity contribution is -0.277. The van der Waals surface area contributed by atoms with E-state index in [0.29, 0.717) is 24.3 Å². The van der Waals surface area contributed by atoms with Gasteiger partial charge in [0.05, 0.1) is 13.2 Å². The van der Waals surface area contributed by atoms with Crippen LogP contribution in [0, 0.1) is 5.92 Å². The van der Waals surface area contributed by atoms with Crippen LogP contribution in [0.5, 0.6) is 5.75 Å². The molecule has 0 amide bonds. The van der Waals surface area contributed by atoms with E-state index in [1.807, 2.05) is 0 Å². The third-order valence-electron chi connectivity index (χ3n) is 6.58. The van der Waals surface area contributed by atoms with Crippen molar-refractivity contribution in [3.05, 3.63) is 35.9 Å². The van der Waals surface area contributed by atoms with Crippen LogP contribution in [0.4, 0.5) is 0 Å². The number of aliphatic hydroxyl groups excluding tert-OH is 4. The van der Waals surface area contributed by atoms with Gasteiger partial charge < -0.3 is 34.6 Å². The van der Waals surface area contributed by atoms with Gasteiger partial charge in [0, 0.05) is 18.0 Å². The van der Waals surface area contributed by atoms with Crippen LogP contribution in [0.2, 0.25) is 0 Å². The number of hydrogen-bond acceptors (Lipinski definition) is 9. The second-order valence-corrected chi connectivity index (χ2v) is 8.64. The topological polar surface area (TPSA) is 129 Å². The molecule has 3 aliphatic rings. The molecule has 0 aliphatic carbocycles. The third kappa shape index (κ3) is 5.14. The summed E-state index contributed by atoms with van der Waals surface area (Å²) in [6.07, 6.45) is -0.143. The molecule has 9 nitrogen and oxygen atoms in total. The Bertz CT molecular complexity index is 798. The zero-order valence-electron chi connectivity index (χ0n) is 17.8. The van der Waals surface area contributed by atoms with E-state index in [1.165, 1.54) is 18.9 Å². The Kier molecular flexibility index (Phi) is 7.44. The molecule has 3 fully saturated rings. The maximum Gasteiger partial charge on any atom is 0.330 e. The highest BCUT2D eigenvalue weighted by molar-refractivity contribution is 5.87. The second-order valence-electron chi connectivity index (χ2n) is 8.64. The number of benzene rings is 1. The molecule has 3 saturated heterocycles. The van der Waals surface area contributed by atoms with E-state index in [-0.39, 0.29) is 5.97 Å². The monoisotopic (exact) mass is 449 g/mol. The first-order valence-electron chi connectivity index (χ1n) is 11.1. The highest BCUT2D eigenvalue weighted by atomic mass is 16.7. The van der Waals surface area contributed by atoms with Gasteiger partial charge in [-0.15, -0.1) is 0 Å². The molecule has 7 atom stereocenters. The summed E-state index contributed by atoms with van der Waals surface area (Å²) in [7, 11) is 0. The zero-order chi connectivity index (χ0) is 22.7. The highest BCUT2D eigenvalue weighted by Crippen LogP contribution is 2.32. The molecule has 1 unspecified atom stereocenters. The van der Waals surface area contributed by atoms with Crippen molar-refractivity contribution in [1.29, 1.82) is 0 Å². The predicted molar refractivity (Wildman–Crippen MR) is 114 cm³/mol. The molecule has 0 bridgehead atoms. The SMILES string of the molecule is O=C(/C=C/c1ccc(OC2O[C@H](CO)[C@@H](O)[C@H](O)[C@H]2O)cc1)OC[C@@H]1CCN2CCC[C@H]12. The van der Waals surface area contributed by atoms with E-state index < -0.39 is 37.3 Å². The van der Waals surface area contributed by atoms with E-state index in [2.05, 4.69) is 4.90 Å². The summed E-state index contributed by atoms with van der Waals surface area (Å²) in [6.45, 7) is 2.19. The number of rotatable bonds is 7. The van der Waals surface area contributed by atoms with Gasteiger partial charge >= 0.3 is 5.97 Å². The molecule has 1 aromatic rings. The smallest absolute Gasteiger partial charge is 0.330 e. The van der Waals surface area contributed by atoms with E-state index in [1.54, 1.807) is 30.3 Å². The molecule has 9 heteroatoms. The van der Waals surface area contributed by atoms with Crippen LogP contribution in [0.3, 0.4) is 0 Å². The fraction of sp³-hybridized carbons (Fsp3) is 0.609. The van der Waals surface area contributed by atoms with E-state index >= 15 is 0 Å². The minimum Gasteiger partial charge on any atom is -0.462 e. The number of ether oxygens (including phenoxy) is 3. The largest absolute Gasteiger partial charge is 0.462 e. The molecular formula is C23H31NO8. The average molecular weight is 450 g/mol. The minimum atomic E-state index is -1.50. The Hall–Kier alpha value is -2.01. The van der Waals surface area contributed by atoms with Gasteiger partial charge in [-0.25, -0.2) is 4.79 Å². The maximum atomic E-state index is 12.1. The summed E-state index contributed by atoms with van der Waals surface area (Å²) in [5, 5.41) is 39.0. The summed E-state index contributed by atoms with van der Waals surface area (Å²) in [4.78, 5) is 14.6. The van der Waals surface area contributed by atoms with Crippen molar-refractivity contribution < 1.29 is 39.4 Å². The van der Waals surface area contributed by atoms with Crippen LogP contribution in [-0.2, 0) is 14.3 Å².